The number of halogens is 1. The van der Waals surface area contributed by atoms with E-state index in [1.54, 1.807) is 7.11 Å². The average molecular weight is 273 g/mol. The molecule has 1 aromatic rings. The van der Waals surface area contributed by atoms with Crippen LogP contribution in [-0.2, 0) is 4.74 Å². The van der Waals surface area contributed by atoms with Crippen LogP contribution in [0.15, 0.2) is 28.7 Å². The summed E-state index contributed by atoms with van der Waals surface area (Å²) in [5.74, 6) is 0. The van der Waals surface area contributed by atoms with Gasteiger partial charge in [-0.3, -0.25) is 0 Å². The van der Waals surface area contributed by atoms with Crippen LogP contribution in [0, 0.1) is 0 Å². The van der Waals surface area contributed by atoms with Gasteiger partial charge in [0.15, 0.2) is 0 Å². The van der Waals surface area contributed by atoms with Crippen molar-refractivity contribution in [3.63, 3.8) is 0 Å². The summed E-state index contributed by atoms with van der Waals surface area (Å²) in [6, 6.07) is 8.11. The minimum atomic E-state index is 0.759. The summed E-state index contributed by atoms with van der Waals surface area (Å²) in [6.45, 7) is 3.50. The molecule has 2 N–H and O–H groups in total. The van der Waals surface area contributed by atoms with Crippen molar-refractivity contribution in [3.8, 4) is 0 Å². The molecule has 0 unspecified atom stereocenters. The van der Waals surface area contributed by atoms with Crippen molar-refractivity contribution >= 4 is 21.6 Å². The van der Waals surface area contributed by atoms with Crippen molar-refractivity contribution in [1.29, 1.82) is 0 Å². The zero-order chi connectivity index (χ0) is 10.9. The third kappa shape index (κ3) is 5.16. The number of hydrogen-bond acceptors (Lipinski definition) is 3. The van der Waals surface area contributed by atoms with Crippen LogP contribution in [0.2, 0.25) is 0 Å². The molecule has 0 spiro atoms. The third-order valence-electron chi connectivity index (χ3n) is 1.97. The minimum absolute atomic E-state index is 0.759. The zero-order valence-corrected chi connectivity index (χ0v) is 10.5. The second kappa shape index (κ2) is 7.68. The Bertz CT molecular complexity index is 281. The Morgan fingerprint density at radius 3 is 2.73 bits per heavy atom. The van der Waals surface area contributed by atoms with Gasteiger partial charge < -0.3 is 15.4 Å². The zero-order valence-electron chi connectivity index (χ0n) is 8.92. The summed E-state index contributed by atoms with van der Waals surface area (Å²) in [7, 11) is 1.71. The second-order valence-corrected chi connectivity index (χ2v) is 4.00. The van der Waals surface area contributed by atoms with Crippen LogP contribution in [0.1, 0.15) is 0 Å². The third-order valence-corrected chi connectivity index (χ3v) is 2.67. The fourth-order valence-corrected chi connectivity index (χ4v) is 1.61. The molecular formula is C11H17BrN2O. The Kier molecular flexibility index (Phi) is 6.39. The fraction of sp³-hybridized carbons (Fsp3) is 0.455. The maximum absolute atomic E-state index is 4.94. The fourth-order valence-electron chi connectivity index (χ4n) is 1.19. The molecule has 0 radical (unpaired) electrons. The van der Waals surface area contributed by atoms with E-state index in [-0.39, 0.29) is 0 Å². The predicted octanol–water partition coefficient (Wildman–Crippen LogP) is 2.10. The van der Waals surface area contributed by atoms with E-state index in [0.29, 0.717) is 0 Å². The first-order valence-electron chi connectivity index (χ1n) is 5.02. The van der Waals surface area contributed by atoms with E-state index < -0.39 is 0 Å². The summed E-state index contributed by atoms with van der Waals surface area (Å²) in [5.41, 5.74) is 1.13. The molecule has 1 aromatic carbocycles. The van der Waals surface area contributed by atoms with Gasteiger partial charge in [-0.1, -0.05) is 12.1 Å². The van der Waals surface area contributed by atoms with Crippen LogP contribution < -0.4 is 10.6 Å². The molecule has 1 rings (SSSR count). The Morgan fingerprint density at radius 2 is 2.00 bits per heavy atom. The molecular weight excluding hydrogens is 256 g/mol. The highest BCUT2D eigenvalue weighted by Crippen LogP contribution is 2.20. The molecule has 3 nitrogen and oxygen atoms in total. The van der Waals surface area contributed by atoms with Crippen molar-refractivity contribution < 1.29 is 4.74 Å². The maximum atomic E-state index is 4.94. The first-order chi connectivity index (χ1) is 7.34. The van der Waals surface area contributed by atoms with Crippen molar-refractivity contribution in [2.45, 2.75) is 0 Å². The van der Waals surface area contributed by atoms with Crippen LogP contribution in [0.3, 0.4) is 0 Å². The van der Waals surface area contributed by atoms with Crippen LogP contribution in [0.5, 0.6) is 0 Å². The summed E-state index contributed by atoms with van der Waals surface area (Å²) in [5, 5.41) is 6.61. The van der Waals surface area contributed by atoms with Gasteiger partial charge in [0, 0.05) is 36.9 Å². The van der Waals surface area contributed by atoms with Gasteiger partial charge in [-0.25, -0.2) is 0 Å². The SMILES string of the molecule is COCCNCCNc1ccccc1Br. The van der Waals surface area contributed by atoms with E-state index in [9.17, 15) is 0 Å². The highest BCUT2D eigenvalue weighted by Gasteiger charge is 1.95. The van der Waals surface area contributed by atoms with E-state index >= 15 is 0 Å². The van der Waals surface area contributed by atoms with E-state index in [4.69, 9.17) is 4.74 Å². The van der Waals surface area contributed by atoms with Crippen molar-refractivity contribution in [2.24, 2.45) is 0 Å². The van der Waals surface area contributed by atoms with Crippen LogP contribution in [0.25, 0.3) is 0 Å². The monoisotopic (exact) mass is 272 g/mol. The lowest BCUT2D eigenvalue weighted by molar-refractivity contribution is 0.200. The predicted molar refractivity (Wildman–Crippen MR) is 67.4 cm³/mol. The average Bonchev–Trinajstić information content (AvgIpc) is 2.25. The van der Waals surface area contributed by atoms with Crippen molar-refractivity contribution in [1.82, 2.24) is 5.32 Å². The van der Waals surface area contributed by atoms with Gasteiger partial charge in [0.1, 0.15) is 0 Å². The number of rotatable bonds is 7. The molecule has 0 atom stereocenters. The molecule has 0 saturated carbocycles. The molecule has 0 aliphatic carbocycles. The number of methoxy groups -OCH3 is 1. The first-order valence-corrected chi connectivity index (χ1v) is 5.82. The second-order valence-electron chi connectivity index (χ2n) is 3.15. The number of para-hydroxylation sites is 1. The Hall–Kier alpha value is -0.580. The van der Waals surface area contributed by atoms with Gasteiger partial charge in [0.2, 0.25) is 0 Å². The number of benzene rings is 1. The van der Waals surface area contributed by atoms with Crippen LogP contribution >= 0.6 is 15.9 Å². The molecule has 0 aromatic heterocycles. The van der Waals surface area contributed by atoms with E-state index in [1.807, 2.05) is 18.2 Å². The molecule has 0 aliphatic heterocycles. The van der Waals surface area contributed by atoms with Crippen molar-refractivity contribution in [2.75, 3.05) is 38.7 Å². The molecule has 0 amide bonds. The lowest BCUT2D eigenvalue weighted by Gasteiger charge is -2.08. The van der Waals surface area contributed by atoms with E-state index in [2.05, 4.69) is 32.6 Å². The highest BCUT2D eigenvalue weighted by atomic mass is 79.9. The van der Waals surface area contributed by atoms with Crippen LogP contribution in [0.4, 0.5) is 5.69 Å². The molecule has 0 fully saturated rings. The molecule has 0 aliphatic rings. The summed E-state index contributed by atoms with van der Waals surface area (Å²) < 4.78 is 6.03. The lowest BCUT2D eigenvalue weighted by atomic mass is 10.3. The summed E-state index contributed by atoms with van der Waals surface area (Å²) >= 11 is 3.49. The Balaban J connectivity index is 2.12. The number of anilines is 1. The summed E-state index contributed by atoms with van der Waals surface area (Å²) in [6.07, 6.45) is 0. The van der Waals surface area contributed by atoms with Crippen molar-refractivity contribution in [3.05, 3.63) is 28.7 Å². The number of nitrogens with one attached hydrogen (secondary N) is 2. The van der Waals surface area contributed by atoms with Gasteiger partial charge in [-0.15, -0.1) is 0 Å². The number of hydrogen-bond donors (Lipinski definition) is 2. The van der Waals surface area contributed by atoms with E-state index in [0.717, 1.165) is 36.4 Å². The van der Waals surface area contributed by atoms with Gasteiger partial charge in [-0.05, 0) is 28.1 Å². The smallest absolute Gasteiger partial charge is 0.0587 e. The van der Waals surface area contributed by atoms with Crippen LogP contribution in [-0.4, -0.2) is 33.4 Å². The maximum Gasteiger partial charge on any atom is 0.0587 e. The Morgan fingerprint density at radius 1 is 1.20 bits per heavy atom. The van der Waals surface area contributed by atoms with Gasteiger partial charge in [0.05, 0.1) is 6.61 Å². The standard InChI is InChI=1S/C11H17BrN2O/c1-15-9-8-13-6-7-14-11-5-3-2-4-10(11)12/h2-5,13-14H,6-9H2,1H3. The van der Waals surface area contributed by atoms with Gasteiger partial charge in [0.25, 0.3) is 0 Å². The molecule has 15 heavy (non-hydrogen) atoms. The van der Waals surface area contributed by atoms with E-state index in [1.165, 1.54) is 0 Å². The van der Waals surface area contributed by atoms with Gasteiger partial charge in [-0.2, -0.15) is 0 Å². The van der Waals surface area contributed by atoms with Gasteiger partial charge >= 0.3 is 0 Å². The molecule has 4 heteroatoms. The normalized spacial score (nSPS) is 10.3. The number of ether oxygens (including phenoxy) is 1. The lowest BCUT2D eigenvalue weighted by Crippen LogP contribution is -2.25. The quantitative estimate of drug-likeness (QED) is 0.746. The minimum Gasteiger partial charge on any atom is -0.383 e. The topological polar surface area (TPSA) is 33.3 Å². The molecule has 84 valence electrons. The largest absolute Gasteiger partial charge is 0.383 e. The molecule has 0 bridgehead atoms. The highest BCUT2D eigenvalue weighted by molar-refractivity contribution is 9.10. The Labute approximate surface area is 99.3 Å². The molecule has 0 heterocycles. The molecule has 0 saturated heterocycles. The first kappa shape index (κ1) is 12.5. The summed E-state index contributed by atoms with van der Waals surface area (Å²) in [4.78, 5) is 0.